The molecule has 0 saturated heterocycles. The number of rotatable bonds is 6. The highest BCUT2D eigenvalue weighted by Gasteiger charge is 2.18. The van der Waals surface area contributed by atoms with Gasteiger partial charge in [-0.3, -0.25) is 25.0 Å². The molecular weight excluding hydrogens is 337 g/mol. The number of nitro benzene ring substituents is 2. The van der Waals surface area contributed by atoms with Gasteiger partial charge in [0, 0.05) is 18.2 Å². The van der Waals surface area contributed by atoms with Crippen LogP contribution in [0.3, 0.4) is 0 Å². The Morgan fingerprint density at radius 2 is 1.84 bits per heavy atom. The molecule has 0 aromatic heterocycles. The molecule has 2 aromatic carbocycles. The van der Waals surface area contributed by atoms with Crippen molar-refractivity contribution in [1.29, 1.82) is 0 Å². The first kappa shape index (κ1) is 17.8. The van der Waals surface area contributed by atoms with Crippen LogP contribution in [0.4, 0.5) is 21.5 Å². The summed E-state index contributed by atoms with van der Waals surface area (Å²) in [7, 11) is 0. The fraction of sp³-hybridized carbons (Fsp3) is 0.133. The number of benzene rings is 2. The van der Waals surface area contributed by atoms with E-state index in [1.165, 1.54) is 25.1 Å². The fourth-order valence-corrected chi connectivity index (χ4v) is 2.04. The number of nitro groups is 2. The number of carbonyl (C=O) groups is 1. The van der Waals surface area contributed by atoms with E-state index in [-0.39, 0.29) is 16.9 Å². The summed E-state index contributed by atoms with van der Waals surface area (Å²) in [6.45, 7) is 0.832. The number of ether oxygens (including phenoxy) is 1. The zero-order chi connectivity index (χ0) is 18.6. The van der Waals surface area contributed by atoms with E-state index in [1.54, 1.807) is 0 Å². The highest BCUT2D eigenvalue weighted by atomic mass is 19.1. The Labute approximate surface area is 140 Å². The second-order valence-corrected chi connectivity index (χ2v) is 4.91. The predicted molar refractivity (Wildman–Crippen MR) is 85.0 cm³/mol. The minimum absolute atomic E-state index is 0.167. The summed E-state index contributed by atoms with van der Waals surface area (Å²) in [5.74, 6) is -1.85. The van der Waals surface area contributed by atoms with Crippen LogP contribution in [0.2, 0.25) is 0 Å². The van der Waals surface area contributed by atoms with E-state index in [4.69, 9.17) is 4.74 Å². The van der Waals surface area contributed by atoms with Crippen LogP contribution < -0.4 is 10.1 Å². The van der Waals surface area contributed by atoms with E-state index >= 15 is 0 Å². The molecule has 9 nitrogen and oxygen atoms in total. The number of hydrogen-bond acceptors (Lipinski definition) is 6. The minimum atomic E-state index is -0.766. The van der Waals surface area contributed by atoms with Crippen LogP contribution in [-0.4, -0.2) is 22.4 Å². The van der Waals surface area contributed by atoms with Gasteiger partial charge in [-0.05, 0) is 19.1 Å². The summed E-state index contributed by atoms with van der Waals surface area (Å²) in [5.41, 5.74) is -0.200. The number of halogens is 1. The van der Waals surface area contributed by atoms with Crippen molar-refractivity contribution in [3.8, 4) is 5.75 Å². The first-order valence-electron chi connectivity index (χ1n) is 6.90. The number of hydrogen-bond donors (Lipinski definition) is 1. The van der Waals surface area contributed by atoms with Crippen LogP contribution in [0.1, 0.15) is 5.56 Å². The topological polar surface area (TPSA) is 125 Å². The second-order valence-electron chi connectivity index (χ2n) is 4.91. The van der Waals surface area contributed by atoms with E-state index in [1.807, 2.05) is 0 Å². The highest BCUT2D eigenvalue weighted by Crippen LogP contribution is 2.28. The monoisotopic (exact) mass is 349 g/mol. The highest BCUT2D eigenvalue weighted by molar-refractivity contribution is 5.93. The van der Waals surface area contributed by atoms with Crippen molar-refractivity contribution < 1.29 is 23.8 Å². The molecule has 0 aliphatic heterocycles. The molecule has 0 aliphatic rings. The summed E-state index contributed by atoms with van der Waals surface area (Å²) in [6.07, 6.45) is 0. The molecule has 2 rings (SSSR count). The molecule has 0 unspecified atom stereocenters. The largest absolute Gasteiger partial charge is 0.477 e. The molecule has 2 aromatic rings. The maximum absolute atomic E-state index is 13.2. The number of amides is 1. The molecule has 10 heteroatoms. The molecule has 130 valence electrons. The van der Waals surface area contributed by atoms with Crippen LogP contribution in [0.25, 0.3) is 0 Å². The van der Waals surface area contributed by atoms with Crippen LogP contribution in [0.15, 0.2) is 36.4 Å². The summed E-state index contributed by atoms with van der Waals surface area (Å²) in [5, 5.41) is 24.1. The summed E-state index contributed by atoms with van der Waals surface area (Å²) in [6, 6.07) is 6.77. The van der Waals surface area contributed by atoms with Gasteiger partial charge in [-0.2, -0.15) is 0 Å². The van der Waals surface area contributed by atoms with Gasteiger partial charge in [0.2, 0.25) is 5.75 Å². The Balaban J connectivity index is 2.10. The standard InChI is InChI=1S/C15H12FN3O6/c1-9-11(3-2-4-12(9)18(21)22)17-15(20)8-25-14-7-10(16)5-6-13(14)19(23)24/h2-7H,8H2,1H3,(H,17,20). The lowest BCUT2D eigenvalue weighted by Crippen LogP contribution is -2.21. The first-order chi connectivity index (χ1) is 11.8. The smallest absolute Gasteiger partial charge is 0.311 e. The quantitative estimate of drug-likeness (QED) is 0.631. The first-order valence-corrected chi connectivity index (χ1v) is 6.90. The predicted octanol–water partition coefficient (Wildman–Crippen LogP) is 2.97. The van der Waals surface area contributed by atoms with Crippen molar-refractivity contribution in [1.82, 2.24) is 0 Å². The molecule has 0 fully saturated rings. The van der Waals surface area contributed by atoms with Gasteiger partial charge in [0.25, 0.3) is 11.6 Å². The Morgan fingerprint density at radius 3 is 2.48 bits per heavy atom. The van der Waals surface area contributed by atoms with Crippen molar-refractivity contribution in [2.45, 2.75) is 6.92 Å². The SMILES string of the molecule is Cc1c(NC(=O)COc2cc(F)ccc2[N+](=O)[O-])cccc1[N+](=O)[O-]. The number of nitrogens with zero attached hydrogens (tertiary/aromatic N) is 2. The maximum Gasteiger partial charge on any atom is 0.311 e. The van der Waals surface area contributed by atoms with Crippen molar-refractivity contribution in [3.05, 3.63) is 68.0 Å². The van der Waals surface area contributed by atoms with Crippen LogP contribution in [0, 0.1) is 33.0 Å². The molecule has 0 spiro atoms. The van der Waals surface area contributed by atoms with Crippen LogP contribution in [-0.2, 0) is 4.79 Å². The van der Waals surface area contributed by atoms with Crippen molar-refractivity contribution in [2.24, 2.45) is 0 Å². The Morgan fingerprint density at radius 1 is 1.16 bits per heavy atom. The number of nitrogens with one attached hydrogen (secondary N) is 1. The third-order valence-corrected chi connectivity index (χ3v) is 3.25. The normalized spacial score (nSPS) is 10.2. The van der Waals surface area contributed by atoms with Gasteiger partial charge in [-0.15, -0.1) is 0 Å². The number of carbonyl (C=O) groups excluding carboxylic acids is 1. The molecule has 1 N–H and O–H groups in total. The van der Waals surface area contributed by atoms with Crippen molar-refractivity contribution in [3.63, 3.8) is 0 Å². The van der Waals surface area contributed by atoms with Gasteiger partial charge in [0.1, 0.15) is 5.82 Å². The molecule has 25 heavy (non-hydrogen) atoms. The Kier molecular flexibility index (Phi) is 5.22. The van der Waals surface area contributed by atoms with Gasteiger partial charge in [-0.1, -0.05) is 6.07 Å². The molecule has 0 saturated carbocycles. The summed E-state index contributed by atoms with van der Waals surface area (Å²) < 4.78 is 18.2. The van der Waals surface area contributed by atoms with Gasteiger partial charge in [-0.25, -0.2) is 4.39 Å². The van der Waals surface area contributed by atoms with Gasteiger partial charge in [0.05, 0.1) is 21.1 Å². The van der Waals surface area contributed by atoms with Gasteiger partial charge < -0.3 is 10.1 Å². The molecule has 0 aliphatic carbocycles. The van der Waals surface area contributed by atoms with Crippen LogP contribution >= 0.6 is 0 Å². The average Bonchev–Trinajstić information content (AvgIpc) is 2.54. The summed E-state index contributed by atoms with van der Waals surface area (Å²) >= 11 is 0. The van der Waals surface area contributed by atoms with Crippen molar-refractivity contribution >= 4 is 23.0 Å². The van der Waals surface area contributed by atoms with Gasteiger partial charge in [0.15, 0.2) is 6.61 Å². The average molecular weight is 349 g/mol. The molecule has 0 atom stereocenters. The second kappa shape index (κ2) is 7.34. The third kappa shape index (κ3) is 4.25. The lowest BCUT2D eigenvalue weighted by atomic mass is 10.1. The van der Waals surface area contributed by atoms with Gasteiger partial charge >= 0.3 is 5.69 Å². The fourth-order valence-electron chi connectivity index (χ4n) is 2.04. The number of anilines is 1. The molecule has 0 radical (unpaired) electrons. The zero-order valence-electron chi connectivity index (χ0n) is 12.9. The molecule has 1 amide bonds. The van der Waals surface area contributed by atoms with E-state index in [9.17, 15) is 29.4 Å². The van der Waals surface area contributed by atoms with E-state index < -0.39 is 39.6 Å². The zero-order valence-corrected chi connectivity index (χ0v) is 12.9. The molecular formula is C15H12FN3O6. The molecule has 0 heterocycles. The van der Waals surface area contributed by atoms with Crippen LogP contribution in [0.5, 0.6) is 5.75 Å². The summed E-state index contributed by atoms with van der Waals surface area (Å²) in [4.78, 5) is 32.3. The molecule has 0 bridgehead atoms. The maximum atomic E-state index is 13.2. The lowest BCUT2D eigenvalue weighted by Gasteiger charge is -2.10. The van der Waals surface area contributed by atoms with E-state index in [0.29, 0.717) is 0 Å². The Hall–Kier alpha value is -3.56. The van der Waals surface area contributed by atoms with E-state index in [2.05, 4.69) is 5.32 Å². The lowest BCUT2D eigenvalue weighted by molar-refractivity contribution is -0.385. The van der Waals surface area contributed by atoms with Crippen molar-refractivity contribution in [2.75, 3.05) is 11.9 Å². The van der Waals surface area contributed by atoms with E-state index in [0.717, 1.165) is 18.2 Å². The Bertz CT molecular complexity index is 855. The minimum Gasteiger partial charge on any atom is -0.477 e. The third-order valence-electron chi connectivity index (χ3n) is 3.25.